The molecule has 14 heavy (non-hydrogen) atoms. The van der Waals surface area contributed by atoms with Crippen molar-refractivity contribution in [2.75, 3.05) is 6.54 Å². The molecule has 0 bridgehead atoms. The third-order valence-corrected chi connectivity index (χ3v) is 3.14. The summed E-state index contributed by atoms with van der Waals surface area (Å²) in [6.07, 6.45) is 3.07. The van der Waals surface area contributed by atoms with Crippen LogP contribution >= 0.6 is 11.3 Å². The first-order valence-corrected chi connectivity index (χ1v) is 6.10. The Morgan fingerprint density at radius 3 is 2.64 bits per heavy atom. The SMILES string of the molecule is CCC(NCC(C)C)c1ncc(C)s1. The second-order valence-corrected chi connectivity index (χ2v) is 5.34. The predicted octanol–water partition coefficient (Wildman–Crippen LogP) is 3.15. The lowest BCUT2D eigenvalue weighted by molar-refractivity contribution is 0.463. The van der Waals surface area contributed by atoms with E-state index in [0.29, 0.717) is 12.0 Å². The van der Waals surface area contributed by atoms with Crippen LogP contribution in [0.5, 0.6) is 0 Å². The smallest absolute Gasteiger partial charge is 0.110 e. The monoisotopic (exact) mass is 212 g/mol. The number of aryl methyl sites for hydroxylation is 1. The van der Waals surface area contributed by atoms with E-state index >= 15 is 0 Å². The van der Waals surface area contributed by atoms with E-state index in [9.17, 15) is 0 Å². The molecule has 0 saturated carbocycles. The summed E-state index contributed by atoms with van der Waals surface area (Å²) in [6.45, 7) is 9.84. The lowest BCUT2D eigenvalue weighted by atomic mass is 10.2. The summed E-state index contributed by atoms with van der Waals surface area (Å²) in [5.74, 6) is 0.699. The molecule has 2 nitrogen and oxygen atoms in total. The highest BCUT2D eigenvalue weighted by Gasteiger charge is 2.12. The minimum absolute atomic E-state index is 0.441. The van der Waals surface area contributed by atoms with Gasteiger partial charge in [-0.25, -0.2) is 4.98 Å². The zero-order valence-corrected chi connectivity index (χ0v) is 10.3. The molecule has 80 valence electrons. The first kappa shape index (κ1) is 11.7. The van der Waals surface area contributed by atoms with E-state index in [0.717, 1.165) is 13.0 Å². The van der Waals surface area contributed by atoms with Gasteiger partial charge in [-0.05, 0) is 25.8 Å². The van der Waals surface area contributed by atoms with Crippen molar-refractivity contribution in [3.8, 4) is 0 Å². The fraction of sp³-hybridized carbons (Fsp3) is 0.727. The summed E-state index contributed by atoms with van der Waals surface area (Å²) in [5.41, 5.74) is 0. The number of rotatable bonds is 5. The van der Waals surface area contributed by atoms with Crippen molar-refractivity contribution < 1.29 is 0 Å². The van der Waals surface area contributed by atoms with Crippen LogP contribution in [0.4, 0.5) is 0 Å². The molecule has 0 aliphatic heterocycles. The molecule has 0 radical (unpaired) electrons. The summed E-state index contributed by atoms with van der Waals surface area (Å²) in [5, 5.41) is 4.77. The Balaban J connectivity index is 2.54. The van der Waals surface area contributed by atoms with Gasteiger partial charge in [0, 0.05) is 11.1 Å². The minimum Gasteiger partial charge on any atom is -0.308 e. The van der Waals surface area contributed by atoms with Crippen molar-refractivity contribution in [2.45, 2.75) is 40.2 Å². The summed E-state index contributed by atoms with van der Waals surface area (Å²) < 4.78 is 0. The number of hydrogen-bond donors (Lipinski definition) is 1. The third kappa shape index (κ3) is 3.39. The van der Waals surface area contributed by atoms with Gasteiger partial charge in [-0.1, -0.05) is 20.8 Å². The van der Waals surface area contributed by atoms with Gasteiger partial charge in [0.1, 0.15) is 5.01 Å². The van der Waals surface area contributed by atoms with Gasteiger partial charge in [-0.3, -0.25) is 0 Å². The first-order chi connectivity index (χ1) is 6.63. The molecule has 1 aromatic heterocycles. The molecule has 1 unspecified atom stereocenters. The highest BCUT2D eigenvalue weighted by molar-refractivity contribution is 7.11. The quantitative estimate of drug-likeness (QED) is 0.811. The molecule has 1 heterocycles. The summed E-state index contributed by atoms with van der Waals surface area (Å²) in [4.78, 5) is 5.72. The number of thiazole rings is 1. The van der Waals surface area contributed by atoms with Crippen molar-refractivity contribution >= 4 is 11.3 Å². The number of nitrogens with one attached hydrogen (secondary N) is 1. The van der Waals surface area contributed by atoms with Gasteiger partial charge in [-0.2, -0.15) is 0 Å². The molecule has 1 atom stereocenters. The molecular weight excluding hydrogens is 192 g/mol. The van der Waals surface area contributed by atoms with Crippen molar-refractivity contribution in [1.29, 1.82) is 0 Å². The van der Waals surface area contributed by atoms with E-state index in [1.54, 1.807) is 11.3 Å². The Morgan fingerprint density at radius 1 is 1.50 bits per heavy atom. The maximum Gasteiger partial charge on any atom is 0.110 e. The van der Waals surface area contributed by atoms with Crippen molar-refractivity contribution in [3.63, 3.8) is 0 Å². The van der Waals surface area contributed by atoms with E-state index in [2.05, 4.69) is 38.0 Å². The van der Waals surface area contributed by atoms with E-state index in [1.165, 1.54) is 9.88 Å². The second kappa shape index (κ2) is 5.47. The van der Waals surface area contributed by atoms with Crippen LogP contribution in [-0.2, 0) is 0 Å². The number of hydrogen-bond acceptors (Lipinski definition) is 3. The molecule has 0 aliphatic rings. The van der Waals surface area contributed by atoms with Crippen LogP contribution in [0.2, 0.25) is 0 Å². The molecule has 1 aromatic rings. The van der Waals surface area contributed by atoms with Gasteiger partial charge in [0.15, 0.2) is 0 Å². The van der Waals surface area contributed by atoms with Crippen LogP contribution < -0.4 is 5.32 Å². The molecule has 0 saturated heterocycles. The topological polar surface area (TPSA) is 24.9 Å². The summed E-state index contributed by atoms with van der Waals surface area (Å²) in [6, 6.07) is 0.441. The normalized spacial score (nSPS) is 13.5. The highest BCUT2D eigenvalue weighted by atomic mass is 32.1. The maximum atomic E-state index is 4.42. The van der Waals surface area contributed by atoms with Crippen LogP contribution in [-0.4, -0.2) is 11.5 Å². The van der Waals surface area contributed by atoms with E-state index < -0.39 is 0 Å². The van der Waals surface area contributed by atoms with Crippen molar-refractivity contribution in [1.82, 2.24) is 10.3 Å². The number of aromatic nitrogens is 1. The molecule has 0 amide bonds. The Morgan fingerprint density at radius 2 is 2.21 bits per heavy atom. The lowest BCUT2D eigenvalue weighted by Gasteiger charge is -2.15. The van der Waals surface area contributed by atoms with Crippen LogP contribution in [0.3, 0.4) is 0 Å². The Hall–Kier alpha value is -0.410. The molecule has 1 rings (SSSR count). The highest BCUT2D eigenvalue weighted by Crippen LogP contribution is 2.21. The summed E-state index contributed by atoms with van der Waals surface area (Å²) >= 11 is 1.80. The number of nitrogens with zero attached hydrogens (tertiary/aromatic N) is 1. The predicted molar refractivity (Wildman–Crippen MR) is 62.7 cm³/mol. The van der Waals surface area contributed by atoms with Gasteiger partial charge >= 0.3 is 0 Å². The maximum absolute atomic E-state index is 4.42. The standard InChI is InChI=1S/C11H20N2S/c1-5-10(12-6-8(2)3)11-13-7-9(4)14-11/h7-8,10,12H,5-6H2,1-4H3. The van der Waals surface area contributed by atoms with Gasteiger partial charge in [0.2, 0.25) is 0 Å². The average Bonchev–Trinajstić information content (AvgIpc) is 2.53. The van der Waals surface area contributed by atoms with Crippen LogP contribution in [0.25, 0.3) is 0 Å². The molecule has 0 fully saturated rings. The minimum atomic E-state index is 0.441. The van der Waals surface area contributed by atoms with Gasteiger partial charge < -0.3 is 5.32 Å². The first-order valence-electron chi connectivity index (χ1n) is 5.29. The van der Waals surface area contributed by atoms with E-state index in [4.69, 9.17) is 0 Å². The van der Waals surface area contributed by atoms with Gasteiger partial charge in [-0.15, -0.1) is 11.3 Å². The fourth-order valence-electron chi connectivity index (χ4n) is 1.32. The lowest BCUT2D eigenvalue weighted by Crippen LogP contribution is -2.24. The fourth-order valence-corrected chi connectivity index (χ4v) is 2.25. The molecule has 0 aromatic carbocycles. The molecule has 0 aliphatic carbocycles. The summed E-state index contributed by atoms with van der Waals surface area (Å²) in [7, 11) is 0. The molecule has 1 N–H and O–H groups in total. The van der Waals surface area contributed by atoms with E-state index in [-0.39, 0.29) is 0 Å². The van der Waals surface area contributed by atoms with Gasteiger partial charge in [0.25, 0.3) is 0 Å². The molecule has 0 spiro atoms. The second-order valence-electron chi connectivity index (χ2n) is 4.07. The largest absolute Gasteiger partial charge is 0.308 e. The van der Waals surface area contributed by atoms with Crippen LogP contribution in [0.15, 0.2) is 6.20 Å². The van der Waals surface area contributed by atoms with Crippen LogP contribution in [0.1, 0.15) is 43.1 Å². The third-order valence-electron chi connectivity index (χ3n) is 2.12. The average molecular weight is 212 g/mol. The van der Waals surface area contributed by atoms with Crippen molar-refractivity contribution in [2.24, 2.45) is 5.92 Å². The molecule has 3 heteroatoms. The molecular formula is C11H20N2S. The van der Waals surface area contributed by atoms with Gasteiger partial charge in [0.05, 0.1) is 6.04 Å². The van der Waals surface area contributed by atoms with Crippen LogP contribution in [0, 0.1) is 12.8 Å². The van der Waals surface area contributed by atoms with E-state index in [1.807, 2.05) is 6.20 Å². The zero-order chi connectivity index (χ0) is 10.6. The Bertz CT molecular complexity index is 268. The Labute approximate surface area is 90.8 Å². The Kier molecular flexibility index (Phi) is 4.55. The zero-order valence-electron chi connectivity index (χ0n) is 9.50. The van der Waals surface area contributed by atoms with Crippen molar-refractivity contribution in [3.05, 3.63) is 16.1 Å².